The number of benzene rings is 2. The maximum atomic E-state index is 13.0. The Balaban J connectivity index is 1.17. The van der Waals surface area contributed by atoms with Crippen molar-refractivity contribution < 1.29 is 4.79 Å². The van der Waals surface area contributed by atoms with Crippen LogP contribution in [0.3, 0.4) is 0 Å². The summed E-state index contributed by atoms with van der Waals surface area (Å²) in [6, 6.07) is 24.5. The molecule has 8 heteroatoms. The van der Waals surface area contributed by atoms with Gasteiger partial charge >= 0.3 is 0 Å². The van der Waals surface area contributed by atoms with E-state index >= 15 is 0 Å². The molecular weight excluding hydrogens is 474 g/mol. The molecule has 1 aliphatic heterocycles. The molecule has 0 unspecified atom stereocenters. The Labute approximate surface area is 213 Å². The molecule has 35 heavy (non-hydrogen) atoms. The van der Waals surface area contributed by atoms with E-state index in [0.29, 0.717) is 5.75 Å². The fraction of sp³-hybridized carbons (Fsp3) is 0.222. The van der Waals surface area contributed by atoms with Gasteiger partial charge < -0.3 is 4.90 Å². The second-order valence-corrected chi connectivity index (χ2v) is 10.1. The van der Waals surface area contributed by atoms with Crippen LogP contribution in [0.4, 0.5) is 0 Å². The fourth-order valence-electron chi connectivity index (χ4n) is 4.04. The van der Waals surface area contributed by atoms with Crippen LogP contribution in [0, 0.1) is 0 Å². The van der Waals surface area contributed by atoms with Crippen LogP contribution in [0.1, 0.15) is 5.56 Å². The molecule has 0 N–H and O–H groups in total. The number of thioether (sulfide) groups is 1. The van der Waals surface area contributed by atoms with E-state index in [9.17, 15) is 4.79 Å². The van der Waals surface area contributed by atoms with E-state index in [-0.39, 0.29) is 5.91 Å². The predicted molar refractivity (Wildman–Crippen MR) is 144 cm³/mol. The highest BCUT2D eigenvalue weighted by Gasteiger charge is 2.22. The second kappa shape index (κ2) is 11.5. The SMILES string of the molecule is O=C(CSc1nnc(-c2cccs2)n1-c1ccccc1)N1CCN(C/C=C/c2ccccc2)CC1. The first-order valence-electron chi connectivity index (χ1n) is 11.7. The summed E-state index contributed by atoms with van der Waals surface area (Å²) in [7, 11) is 0. The van der Waals surface area contributed by atoms with Crippen molar-refractivity contribution in [3.63, 3.8) is 0 Å². The van der Waals surface area contributed by atoms with Crippen molar-refractivity contribution in [1.29, 1.82) is 0 Å². The van der Waals surface area contributed by atoms with Gasteiger partial charge in [0.05, 0.1) is 10.6 Å². The minimum absolute atomic E-state index is 0.148. The molecule has 0 aliphatic carbocycles. The van der Waals surface area contributed by atoms with Crippen LogP contribution in [-0.2, 0) is 4.79 Å². The maximum absolute atomic E-state index is 13.0. The summed E-state index contributed by atoms with van der Waals surface area (Å²) in [5, 5.41) is 11.7. The summed E-state index contributed by atoms with van der Waals surface area (Å²) in [5.41, 5.74) is 2.21. The van der Waals surface area contributed by atoms with Gasteiger partial charge in [0, 0.05) is 38.4 Å². The highest BCUT2D eigenvalue weighted by Crippen LogP contribution is 2.30. The molecule has 1 saturated heterocycles. The average Bonchev–Trinajstić information content (AvgIpc) is 3.59. The molecule has 1 amide bonds. The van der Waals surface area contributed by atoms with Crippen molar-refractivity contribution in [3.05, 3.63) is 89.8 Å². The van der Waals surface area contributed by atoms with Crippen LogP contribution >= 0.6 is 23.1 Å². The molecule has 0 spiro atoms. The van der Waals surface area contributed by atoms with Crippen molar-refractivity contribution in [3.8, 4) is 16.4 Å². The van der Waals surface area contributed by atoms with Crippen LogP contribution in [0.25, 0.3) is 22.5 Å². The summed E-state index contributed by atoms with van der Waals surface area (Å²) in [6.07, 6.45) is 4.35. The minimum atomic E-state index is 0.148. The average molecular weight is 502 g/mol. The van der Waals surface area contributed by atoms with E-state index in [1.54, 1.807) is 11.3 Å². The maximum Gasteiger partial charge on any atom is 0.233 e. The monoisotopic (exact) mass is 501 g/mol. The number of rotatable bonds is 8. The van der Waals surface area contributed by atoms with Crippen molar-refractivity contribution in [1.82, 2.24) is 24.6 Å². The smallest absolute Gasteiger partial charge is 0.233 e. The van der Waals surface area contributed by atoms with Crippen LogP contribution in [0.5, 0.6) is 0 Å². The van der Waals surface area contributed by atoms with Gasteiger partial charge in [0.15, 0.2) is 11.0 Å². The summed E-state index contributed by atoms with van der Waals surface area (Å²) in [4.78, 5) is 18.4. The van der Waals surface area contributed by atoms with Crippen LogP contribution in [0.2, 0.25) is 0 Å². The number of hydrogen-bond acceptors (Lipinski definition) is 6. The van der Waals surface area contributed by atoms with Crippen molar-refractivity contribution in [2.24, 2.45) is 0 Å². The molecule has 0 bridgehead atoms. The van der Waals surface area contributed by atoms with Gasteiger partial charge in [-0.2, -0.15) is 0 Å². The molecule has 3 heterocycles. The lowest BCUT2D eigenvalue weighted by molar-refractivity contribution is -0.130. The molecule has 6 nitrogen and oxygen atoms in total. The molecule has 5 rings (SSSR count). The third kappa shape index (κ3) is 5.90. The Morgan fingerprint density at radius 1 is 0.914 bits per heavy atom. The van der Waals surface area contributed by atoms with Gasteiger partial charge in [0.1, 0.15) is 0 Å². The van der Waals surface area contributed by atoms with E-state index in [1.165, 1.54) is 17.3 Å². The zero-order valence-electron chi connectivity index (χ0n) is 19.4. The number of hydrogen-bond donors (Lipinski definition) is 0. The third-order valence-corrected chi connectivity index (χ3v) is 7.69. The molecule has 0 saturated carbocycles. The van der Waals surface area contributed by atoms with Gasteiger partial charge in [-0.1, -0.05) is 78.5 Å². The number of para-hydroxylation sites is 1. The number of amides is 1. The van der Waals surface area contributed by atoms with Gasteiger partial charge in [0.25, 0.3) is 0 Å². The second-order valence-electron chi connectivity index (χ2n) is 8.24. The number of nitrogens with zero attached hydrogens (tertiary/aromatic N) is 5. The highest BCUT2D eigenvalue weighted by atomic mass is 32.2. The minimum Gasteiger partial charge on any atom is -0.339 e. The van der Waals surface area contributed by atoms with Crippen molar-refractivity contribution in [2.45, 2.75) is 5.16 Å². The van der Waals surface area contributed by atoms with E-state index in [4.69, 9.17) is 0 Å². The Morgan fingerprint density at radius 3 is 2.37 bits per heavy atom. The lowest BCUT2D eigenvalue weighted by Crippen LogP contribution is -2.49. The predicted octanol–water partition coefficient (Wildman–Crippen LogP) is 4.95. The molecular formula is C27H27N5OS2. The topological polar surface area (TPSA) is 54.3 Å². The first-order valence-corrected chi connectivity index (χ1v) is 13.5. The van der Waals surface area contributed by atoms with Gasteiger partial charge in [-0.15, -0.1) is 21.5 Å². The summed E-state index contributed by atoms with van der Waals surface area (Å²) < 4.78 is 2.04. The molecule has 2 aromatic heterocycles. The standard InChI is InChI=1S/C27H27N5OS2/c33-25(31-18-16-30(17-19-31)15-7-11-22-9-3-1-4-10-22)21-35-27-29-28-26(24-14-8-20-34-24)32(27)23-12-5-2-6-13-23/h1-14,20H,15-19,21H2/b11-7+. The summed E-state index contributed by atoms with van der Waals surface area (Å²) in [6.45, 7) is 4.18. The van der Waals surface area contributed by atoms with Crippen LogP contribution < -0.4 is 0 Å². The van der Waals surface area contributed by atoms with Gasteiger partial charge in [-0.05, 0) is 29.1 Å². The van der Waals surface area contributed by atoms with E-state index in [0.717, 1.165) is 54.3 Å². The Kier molecular flexibility index (Phi) is 7.72. The highest BCUT2D eigenvalue weighted by molar-refractivity contribution is 7.99. The number of carbonyl (C=O) groups excluding carboxylic acids is 1. The quantitative estimate of drug-likeness (QED) is 0.320. The first-order chi connectivity index (χ1) is 17.3. The Bertz CT molecular complexity index is 1250. The third-order valence-electron chi connectivity index (χ3n) is 5.91. The Hall–Kier alpha value is -3.20. The summed E-state index contributed by atoms with van der Waals surface area (Å²) in [5.74, 6) is 1.30. The number of piperazine rings is 1. The lowest BCUT2D eigenvalue weighted by atomic mass is 10.2. The number of thiophene rings is 1. The van der Waals surface area contributed by atoms with Gasteiger partial charge in [0.2, 0.25) is 5.91 Å². The lowest BCUT2D eigenvalue weighted by Gasteiger charge is -2.34. The number of carbonyl (C=O) groups is 1. The first kappa shape index (κ1) is 23.5. The van der Waals surface area contributed by atoms with Crippen molar-refractivity contribution in [2.75, 3.05) is 38.5 Å². The molecule has 4 aromatic rings. The van der Waals surface area contributed by atoms with Crippen LogP contribution in [-0.4, -0.2) is 68.9 Å². The fourth-order valence-corrected chi connectivity index (χ4v) is 5.59. The van der Waals surface area contributed by atoms with Gasteiger partial charge in [-0.25, -0.2) is 0 Å². The van der Waals surface area contributed by atoms with Crippen molar-refractivity contribution >= 4 is 35.1 Å². The molecule has 1 fully saturated rings. The molecule has 1 aliphatic rings. The van der Waals surface area contributed by atoms with E-state index in [1.807, 2.05) is 75.5 Å². The van der Waals surface area contributed by atoms with E-state index < -0.39 is 0 Å². The van der Waals surface area contributed by atoms with E-state index in [2.05, 4.69) is 39.4 Å². The zero-order chi connectivity index (χ0) is 23.9. The van der Waals surface area contributed by atoms with Crippen LogP contribution in [0.15, 0.2) is 89.4 Å². The number of aromatic nitrogens is 3. The molecule has 178 valence electrons. The molecule has 2 aromatic carbocycles. The molecule has 0 radical (unpaired) electrons. The Morgan fingerprint density at radius 2 is 1.66 bits per heavy atom. The normalized spacial score (nSPS) is 14.6. The largest absolute Gasteiger partial charge is 0.339 e. The van der Waals surface area contributed by atoms with Gasteiger partial charge in [-0.3, -0.25) is 14.3 Å². The molecule has 0 atom stereocenters. The zero-order valence-corrected chi connectivity index (χ0v) is 21.0. The summed E-state index contributed by atoms with van der Waals surface area (Å²) >= 11 is 3.08.